The molecular weight excluding hydrogens is 302 g/mol. The highest BCUT2D eigenvalue weighted by atomic mass is 32.1. The van der Waals surface area contributed by atoms with Gasteiger partial charge < -0.3 is 5.73 Å². The van der Waals surface area contributed by atoms with Crippen LogP contribution in [-0.4, -0.2) is 15.9 Å². The van der Waals surface area contributed by atoms with Crippen molar-refractivity contribution in [3.8, 4) is 11.3 Å². The minimum Gasteiger partial charge on any atom is -0.330 e. The largest absolute Gasteiger partial charge is 0.330 e. The van der Waals surface area contributed by atoms with Crippen LogP contribution >= 0.6 is 11.3 Å². The molecule has 1 aromatic carbocycles. The first-order chi connectivity index (χ1) is 11.2. The van der Waals surface area contributed by atoms with E-state index in [9.17, 15) is 0 Å². The summed E-state index contributed by atoms with van der Waals surface area (Å²) in [5.41, 5.74) is 13.9. The molecule has 0 radical (unpaired) electrons. The van der Waals surface area contributed by atoms with E-state index in [0.717, 1.165) is 17.1 Å². The number of aromatic nitrogens is 2. The Hall–Kier alpha value is -1.65. The molecule has 3 nitrogen and oxygen atoms in total. The molecule has 0 atom stereocenters. The molecule has 1 aliphatic rings. The molecule has 0 fully saturated rings. The molecule has 23 heavy (non-hydrogen) atoms. The van der Waals surface area contributed by atoms with Gasteiger partial charge in [-0.25, -0.2) is 4.98 Å². The molecule has 0 saturated carbocycles. The normalized spacial score (nSPS) is 14.4. The van der Waals surface area contributed by atoms with E-state index in [2.05, 4.69) is 36.4 Å². The summed E-state index contributed by atoms with van der Waals surface area (Å²) in [6.07, 6.45) is 5.92. The number of imidazole rings is 1. The average molecular weight is 325 g/mol. The molecule has 0 bridgehead atoms. The zero-order valence-electron chi connectivity index (χ0n) is 13.9. The van der Waals surface area contributed by atoms with Crippen LogP contribution in [0.15, 0.2) is 18.2 Å². The van der Waals surface area contributed by atoms with E-state index in [1.54, 1.807) is 11.3 Å². The van der Waals surface area contributed by atoms with E-state index < -0.39 is 0 Å². The number of hydrogen-bond donors (Lipinski definition) is 1. The highest BCUT2D eigenvalue weighted by Gasteiger charge is 2.19. The second-order valence-corrected chi connectivity index (χ2v) is 7.68. The number of nitrogens with zero attached hydrogens (tertiary/aromatic N) is 2. The Bertz CT molecular complexity index is 872. The molecule has 0 unspecified atom stereocenters. The SMILES string of the molecule is Cc1sc2nc(-c3ccc4c(c3)CCCC4)c(CCN)n2c1C. The summed E-state index contributed by atoms with van der Waals surface area (Å²) in [6, 6.07) is 6.92. The summed E-state index contributed by atoms with van der Waals surface area (Å²) in [6.45, 7) is 5.00. The predicted molar refractivity (Wildman–Crippen MR) is 97.4 cm³/mol. The van der Waals surface area contributed by atoms with E-state index in [4.69, 9.17) is 10.7 Å². The summed E-state index contributed by atoms with van der Waals surface area (Å²) in [4.78, 5) is 7.39. The molecule has 0 spiro atoms. The van der Waals surface area contributed by atoms with Crippen molar-refractivity contribution in [1.29, 1.82) is 0 Å². The van der Waals surface area contributed by atoms with Crippen LogP contribution in [0.4, 0.5) is 0 Å². The minimum atomic E-state index is 0.653. The molecule has 2 N–H and O–H groups in total. The van der Waals surface area contributed by atoms with Crippen molar-refractivity contribution in [1.82, 2.24) is 9.38 Å². The van der Waals surface area contributed by atoms with Crippen LogP contribution in [0.25, 0.3) is 16.2 Å². The number of hydrogen-bond acceptors (Lipinski definition) is 3. The van der Waals surface area contributed by atoms with Gasteiger partial charge >= 0.3 is 0 Å². The first kappa shape index (κ1) is 14.9. The predicted octanol–water partition coefficient (Wildman–Crippen LogP) is 4.06. The maximum atomic E-state index is 5.89. The number of aryl methyl sites for hydroxylation is 4. The Morgan fingerprint density at radius 2 is 1.96 bits per heavy atom. The molecule has 4 heteroatoms. The lowest BCUT2D eigenvalue weighted by Gasteiger charge is -2.16. The van der Waals surface area contributed by atoms with Gasteiger partial charge in [-0.3, -0.25) is 4.40 Å². The zero-order chi connectivity index (χ0) is 16.0. The maximum absolute atomic E-state index is 5.89. The molecule has 0 aliphatic heterocycles. The third kappa shape index (κ3) is 2.41. The van der Waals surface area contributed by atoms with Crippen molar-refractivity contribution in [2.45, 2.75) is 46.0 Å². The topological polar surface area (TPSA) is 43.3 Å². The second kappa shape index (κ2) is 5.77. The van der Waals surface area contributed by atoms with Crippen LogP contribution < -0.4 is 5.73 Å². The summed E-state index contributed by atoms with van der Waals surface area (Å²) >= 11 is 1.77. The van der Waals surface area contributed by atoms with Gasteiger partial charge in [-0.05, 0) is 63.3 Å². The molecular formula is C19H23N3S. The molecule has 0 saturated heterocycles. The number of rotatable bonds is 3. The Kier molecular flexibility index (Phi) is 3.74. The van der Waals surface area contributed by atoms with Crippen molar-refractivity contribution < 1.29 is 0 Å². The van der Waals surface area contributed by atoms with Crippen molar-refractivity contribution >= 4 is 16.3 Å². The third-order valence-corrected chi connectivity index (χ3v) is 6.09. The highest BCUT2D eigenvalue weighted by molar-refractivity contribution is 7.17. The Morgan fingerprint density at radius 3 is 2.74 bits per heavy atom. The van der Waals surface area contributed by atoms with E-state index >= 15 is 0 Å². The van der Waals surface area contributed by atoms with E-state index in [-0.39, 0.29) is 0 Å². The fraction of sp³-hybridized carbons (Fsp3) is 0.421. The lowest BCUT2D eigenvalue weighted by Crippen LogP contribution is -2.07. The van der Waals surface area contributed by atoms with Gasteiger partial charge in [0.15, 0.2) is 4.96 Å². The van der Waals surface area contributed by atoms with Crippen molar-refractivity contribution in [2.24, 2.45) is 5.73 Å². The van der Waals surface area contributed by atoms with Gasteiger partial charge in [-0.1, -0.05) is 12.1 Å². The summed E-state index contributed by atoms with van der Waals surface area (Å²) < 4.78 is 2.31. The lowest BCUT2D eigenvalue weighted by atomic mass is 9.89. The smallest absolute Gasteiger partial charge is 0.194 e. The highest BCUT2D eigenvalue weighted by Crippen LogP contribution is 2.33. The third-order valence-electron chi connectivity index (χ3n) is 5.03. The summed E-state index contributed by atoms with van der Waals surface area (Å²) in [5.74, 6) is 0. The Labute approximate surface area is 141 Å². The van der Waals surface area contributed by atoms with Gasteiger partial charge in [0, 0.05) is 22.6 Å². The minimum absolute atomic E-state index is 0.653. The first-order valence-corrected chi connectivity index (χ1v) is 9.30. The number of nitrogens with two attached hydrogens (primary N) is 1. The van der Waals surface area contributed by atoms with Gasteiger partial charge in [0.25, 0.3) is 0 Å². The summed E-state index contributed by atoms with van der Waals surface area (Å²) in [5, 5.41) is 0. The Balaban J connectivity index is 1.89. The van der Waals surface area contributed by atoms with Gasteiger partial charge in [0.2, 0.25) is 0 Å². The molecule has 1 aliphatic carbocycles. The number of thiazole rings is 1. The van der Waals surface area contributed by atoms with Crippen LogP contribution in [-0.2, 0) is 19.3 Å². The van der Waals surface area contributed by atoms with Crippen LogP contribution in [0, 0.1) is 13.8 Å². The van der Waals surface area contributed by atoms with Crippen LogP contribution in [0.5, 0.6) is 0 Å². The molecule has 4 rings (SSSR count). The van der Waals surface area contributed by atoms with Gasteiger partial charge in [-0.15, -0.1) is 11.3 Å². The maximum Gasteiger partial charge on any atom is 0.194 e. The van der Waals surface area contributed by atoms with E-state index in [1.807, 2.05) is 0 Å². The van der Waals surface area contributed by atoms with Gasteiger partial charge in [0.1, 0.15) is 0 Å². The summed E-state index contributed by atoms with van der Waals surface area (Å²) in [7, 11) is 0. The fourth-order valence-corrected chi connectivity index (χ4v) is 4.68. The quantitative estimate of drug-likeness (QED) is 0.789. The molecule has 120 valence electrons. The van der Waals surface area contributed by atoms with Crippen molar-refractivity contribution in [3.63, 3.8) is 0 Å². The lowest BCUT2D eigenvalue weighted by molar-refractivity contribution is 0.686. The van der Waals surface area contributed by atoms with Crippen LogP contribution in [0.1, 0.15) is 40.2 Å². The standard InChI is InChI=1S/C19H23N3S/c1-12-13(2)23-19-21-18(17(9-10-20)22(12)19)16-8-7-14-5-3-4-6-15(14)11-16/h7-8,11H,3-6,9-10,20H2,1-2H3. The van der Waals surface area contributed by atoms with E-state index in [0.29, 0.717) is 6.54 Å². The van der Waals surface area contributed by atoms with Crippen molar-refractivity contribution in [3.05, 3.63) is 45.6 Å². The molecule has 2 aromatic heterocycles. The van der Waals surface area contributed by atoms with Crippen LogP contribution in [0.2, 0.25) is 0 Å². The van der Waals surface area contributed by atoms with Crippen LogP contribution in [0.3, 0.4) is 0 Å². The number of fused-ring (bicyclic) bond motifs is 2. The molecule has 0 amide bonds. The average Bonchev–Trinajstić information content (AvgIpc) is 3.05. The molecule has 3 aromatic rings. The monoisotopic (exact) mass is 325 g/mol. The second-order valence-electron chi connectivity index (χ2n) is 6.50. The van der Waals surface area contributed by atoms with Crippen molar-refractivity contribution in [2.75, 3.05) is 6.54 Å². The van der Waals surface area contributed by atoms with E-state index in [1.165, 1.54) is 58.6 Å². The first-order valence-electron chi connectivity index (χ1n) is 8.48. The number of benzene rings is 1. The molecule has 2 heterocycles. The fourth-order valence-electron chi connectivity index (χ4n) is 3.69. The Morgan fingerprint density at radius 1 is 1.17 bits per heavy atom. The zero-order valence-corrected chi connectivity index (χ0v) is 14.7. The van der Waals surface area contributed by atoms with Gasteiger partial charge in [0.05, 0.1) is 11.4 Å². The van der Waals surface area contributed by atoms with Gasteiger partial charge in [-0.2, -0.15) is 0 Å².